The standard InChI is InChI=1S/C24H26N4O2S2/c1-3-13-31-20-12-8-6-10-18(20)22(30)25-24-27-26-23(32-24)17-14-21(29)28(15-17)19-11-7-5-9-16(19)4-2/h5-12,17H,3-4,13-15H2,1-2H3,(H,25,27,30). The molecule has 0 bridgehead atoms. The summed E-state index contributed by atoms with van der Waals surface area (Å²) in [6.07, 6.45) is 2.31. The zero-order valence-electron chi connectivity index (χ0n) is 18.2. The Labute approximate surface area is 196 Å². The number of para-hydroxylation sites is 1. The molecular formula is C24H26N4O2S2. The van der Waals surface area contributed by atoms with E-state index in [9.17, 15) is 9.59 Å². The number of anilines is 2. The normalized spacial score (nSPS) is 15.9. The van der Waals surface area contributed by atoms with Gasteiger partial charge in [0.05, 0.1) is 5.56 Å². The molecule has 3 aromatic rings. The van der Waals surface area contributed by atoms with Gasteiger partial charge in [-0.05, 0) is 42.4 Å². The van der Waals surface area contributed by atoms with E-state index in [1.807, 2.05) is 47.4 Å². The highest BCUT2D eigenvalue weighted by molar-refractivity contribution is 7.99. The minimum absolute atomic E-state index is 0.0250. The van der Waals surface area contributed by atoms with Gasteiger partial charge in [-0.15, -0.1) is 22.0 Å². The number of aryl methyl sites for hydroxylation is 1. The van der Waals surface area contributed by atoms with Crippen molar-refractivity contribution in [1.82, 2.24) is 10.2 Å². The Kier molecular flexibility index (Phi) is 7.22. The van der Waals surface area contributed by atoms with Crippen LogP contribution >= 0.6 is 23.1 Å². The Morgan fingerprint density at radius 2 is 1.94 bits per heavy atom. The molecule has 32 heavy (non-hydrogen) atoms. The third kappa shape index (κ3) is 4.86. The quantitative estimate of drug-likeness (QED) is 0.452. The third-order valence-corrected chi connectivity index (χ3v) is 7.67. The van der Waals surface area contributed by atoms with Crippen molar-refractivity contribution in [1.29, 1.82) is 0 Å². The fraction of sp³-hybridized carbons (Fsp3) is 0.333. The first-order valence-corrected chi connectivity index (χ1v) is 12.7. The summed E-state index contributed by atoms with van der Waals surface area (Å²) in [6.45, 7) is 4.79. The highest BCUT2D eigenvalue weighted by Crippen LogP contribution is 2.36. The van der Waals surface area contributed by atoms with Gasteiger partial charge in [-0.1, -0.05) is 55.5 Å². The molecule has 0 radical (unpaired) electrons. The van der Waals surface area contributed by atoms with Gasteiger partial charge in [0.25, 0.3) is 5.91 Å². The maximum Gasteiger partial charge on any atom is 0.258 e. The lowest BCUT2D eigenvalue weighted by atomic mass is 10.1. The van der Waals surface area contributed by atoms with Crippen LogP contribution in [0.25, 0.3) is 0 Å². The number of aromatic nitrogens is 2. The average molecular weight is 467 g/mol. The van der Waals surface area contributed by atoms with E-state index >= 15 is 0 Å². The van der Waals surface area contributed by atoms with Gasteiger partial charge >= 0.3 is 0 Å². The fourth-order valence-corrected chi connectivity index (χ4v) is 5.53. The predicted octanol–water partition coefficient (Wildman–Crippen LogP) is 5.38. The number of nitrogens with zero attached hydrogens (tertiary/aromatic N) is 3. The minimum Gasteiger partial charge on any atom is -0.311 e. The van der Waals surface area contributed by atoms with Gasteiger partial charge in [0, 0.05) is 29.5 Å². The van der Waals surface area contributed by atoms with E-state index in [4.69, 9.17) is 0 Å². The summed E-state index contributed by atoms with van der Waals surface area (Å²) in [7, 11) is 0. The third-order valence-electron chi connectivity index (χ3n) is 5.39. The highest BCUT2D eigenvalue weighted by Gasteiger charge is 2.34. The summed E-state index contributed by atoms with van der Waals surface area (Å²) >= 11 is 3.02. The molecule has 1 aliphatic heterocycles. The van der Waals surface area contributed by atoms with E-state index in [2.05, 4.69) is 35.4 Å². The molecule has 6 nitrogen and oxygen atoms in total. The summed E-state index contributed by atoms with van der Waals surface area (Å²) in [5.41, 5.74) is 2.77. The minimum atomic E-state index is -0.187. The van der Waals surface area contributed by atoms with Crippen LogP contribution in [0.5, 0.6) is 0 Å². The molecule has 4 rings (SSSR count). The van der Waals surface area contributed by atoms with Gasteiger partial charge in [0.2, 0.25) is 11.0 Å². The first kappa shape index (κ1) is 22.5. The first-order valence-electron chi connectivity index (χ1n) is 10.9. The molecule has 1 atom stereocenters. The molecule has 166 valence electrons. The molecule has 0 aliphatic carbocycles. The van der Waals surface area contributed by atoms with Gasteiger partial charge in [0.1, 0.15) is 5.01 Å². The Hall–Kier alpha value is -2.71. The van der Waals surface area contributed by atoms with E-state index in [0.29, 0.717) is 23.7 Å². The van der Waals surface area contributed by atoms with Crippen LogP contribution in [0.3, 0.4) is 0 Å². The van der Waals surface area contributed by atoms with Crippen LogP contribution in [0.1, 0.15) is 53.5 Å². The number of carbonyl (C=O) groups excluding carboxylic acids is 2. The second-order valence-electron chi connectivity index (χ2n) is 7.63. The second kappa shape index (κ2) is 10.3. The van der Waals surface area contributed by atoms with E-state index in [1.54, 1.807) is 11.8 Å². The van der Waals surface area contributed by atoms with Crippen molar-refractivity contribution in [2.75, 3.05) is 22.5 Å². The van der Waals surface area contributed by atoms with Crippen molar-refractivity contribution in [3.63, 3.8) is 0 Å². The molecular weight excluding hydrogens is 440 g/mol. The highest BCUT2D eigenvalue weighted by atomic mass is 32.2. The SMILES string of the molecule is CCCSc1ccccc1C(=O)Nc1nnc(C2CC(=O)N(c3ccccc3CC)C2)s1. The number of hydrogen-bond donors (Lipinski definition) is 1. The monoisotopic (exact) mass is 466 g/mol. The molecule has 1 unspecified atom stereocenters. The van der Waals surface area contributed by atoms with Crippen LogP contribution in [0.15, 0.2) is 53.4 Å². The van der Waals surface area contributed by atoms with Gasteiger partial charge in [-0.25, -0.2) is 0 Å². The molecule has 1 fully saturated rings. The number of nitrogens with one attached hydrogen (secondary N) is 1. The zero-order chi connectivity index (χ0) is 22.5. The number of amides is 2. The topological polar surface area (TPSA) is 75.2 Å². The van der Waals surface area contributed by atoms with Gasteiger partial charge in [0.15, 0.2) is 0 Å². The maximum atomic E-state index is 12.8. The van der Waals surface area contributed by atoms with Crippen molar-refractivity contribution in [3.05, 3.63) is 64.7 Å². The molecule has 2 amide bonds. The number of carbonyl (C=O) groups is 2. The lowest BCUT2D eigenvalue weighted by molar-refractivity contribution is -0.117. The van der Waals surface area contributed by atoms with Gasteiger partial charge < -0.3 is 4.90 Å². The lowest BCUT2D eigenvalue weighted by Gasteiger charge is -2.19. The molecule has 8 heteroatoms. The number of benzene rings is 2. The molecule has 1 saturated heterocycles. The van der Waals surface area contributed by atoms with E-state index in [-0.39, 0.29) is 17.7 Å². The molecule has 2 aromatic carbocycles. The Morgan fingerprint density at radius 1 is 1.16 bits per heavy atom. The van der Waals surface area contributed by atoms with Crippen LogP contribution in [-0.4, -0.2) is 34.3 Å². The van der Waals surface area contributed by atoms with E-state index < -0.39 is 0 Å². The average Bonchev–Trinajstić information content (AvgIpc) is 3.44. The summed E-state index contributed by atoms with van der Waals surface area (Å²) < 4.78 is 0. The van der Waals surface area contributed by atoms with Crippen LogP contribution in [-0.2, 0) is 11.2 Å². The Morgan fingerprint density at radius 3 is 2.75 bits per heavy atom. The molecule has 0 spiro atoms. The molecule has 2 heterocycles. The van der Waals surface area contributed by atoms with Crippen LogP contribution in [0.4, 0.5) is 10.8 Å². The van der Waals surface area contributed by atoms with Crippen molar-refractivity contribution in [3.8, 4) is 0 Å². The number of rotatable bonds is 8. The smallest absolute Gasteiger partial charge is 0.258 e. The maximum absolute atomic E-state index is 12.8. The zero-order valence-corrected chi connectivity index (χ0v) is 19.8. The van der Waals surface area contributed by atoms with Gasteiger partial charge in [-0.2, -0.15) is 0 Å². The molecule has 0 saturated carbocycles. The van der Waals surface area contributed by atoms with Gasteiger partial charge in [-0.3, -0.25) is 14.9 Å². The Bertz CT molecular complexity index is 1110. The summed E-state index contributed by atoms with van der Waals surface area (Å²) in [5.74, 6) is 0.843. The summed E-state index contributed by atoms with van der Waals surface area (Å²) in [6, 6.07) is 15.6. The van der Waals surface area contributed by atoms with Crippen molar-refractivity contribution >= 4 is 45.7 Å². The van der Waals surface area contributed by atoms with E-state index in [0.717, 1.165) is 39.7 Å². The molecule has 1 aromatic heterocycles. The van der Waals surface area contributed by atoms with Crippen LogP contribution in [0.2, 0.25) is 0 Å². The second-order valence-corrected chi connectivity index (χ2v) is 9.78. The largest absolute Gasteiger partial charge is 0.311 e. The number of hydrogen-bond acceptors (Lipinski definition) is 6. The summed E-state index contributed by atoms with van der Waals surface area (Å²) in [4.78, 5) is 28.4. The van der Waals surface area contributed by atoms with Crippen molar-refractivity contribution in [2.24, 2.45) is 0 Å². The Balaban J connectivity index is 1.46. The lowest BCUT2D eigenvalue weighted by Crippen LogP contribution is -2.25. The summed E-state index contributed by atoms with van der Waals surface area (Å²) in [5, 5.41) is 12.6. The van der Waals surface area contributed by atoms with Crippen LogP contribution in [0, 0.1) is 0 Å². The molecule has 1 N–H and O–H groups in total. The van der Waals surface area contributed by atoms with Crippen molar-refractivity contribution in [2.45, 2.75) is 43.9 Å². The predicted molar refractivity (Wildman–Crippen MR) is 131 cm³/mol. The fourth-order valence-electron chi connectivity index (χ4n) is 3.79. The van der Waals surface area contributed by atoms with Crippen molar-refractivity contribution < 1.29 is 9.59 Å². The first-order chi connectivity index (χ1) is 15.6. The molecule has 1 aliphatic rings. The number of thioether (sulfide) groups is 1. The van der Waals surface area contributed by atoms with E-state index in [1.165, 1.54) is 11.3 Å². The van der Waals surface area contributed by atoms with Crippen LogP contribution < -0.4 is 10.2 Å².